The van der Waals surface area contributed by atoms with E-state index in [2.05, 4.69) is 20.3 Å². The lowest BCUT2D eigenvalue weighted by molar-refractivity contribution is -0.118. The molecule has 2 N–H and O–H groups in total. The average molecular weight is 399 g/mol. The van der Waals surface area contributed by atoms with Gasteiger partial charge in [-0.1, -0.05) is 0 Å². The number of methoxy groups -OCH3 is 1. The first-order valence-electron chi connectivity index (χ1n) is 10.8. The molecule has 1 aliphatic carbocycles. The summed E-state index contributed by atoms with van der Waals surface area (Å²) in [6.45, 7) is 1.07. The molecular weight excluding hydrogens is 370 g/mol. The van der Waals surface area contributed by atoms with Gasteiger partial charge in [-0.3, -0.25) is 14.7 Å². The van der Waals surface area contributed by atoms with Crippen molar-refractivity contribution in [2.24, 2.45) is 0 Å². The number of anilines is 2. The standard InChI is InChI=1S/C21H27N5O3/c1-21(2,28)17-9-4-13(10-22-17)16-11-23-19-20(25-16)26(18(27)12-24-19)14-5-7-15(29-3)8-6-14/h4,9-11,14-15,28H,5-8,12H2,1-3H3,(H,23,24)/i12D2. The maximum atomic E-state index is 13.0. The highest BCUT2D eigenvalue weighted by atomic mass is 16.5. The minimum absolute atomic E-state index is 0.156. The molecule has 1 saturated carbocycles. The maximum Gasteiger partial charge on any atom is 0.247 e. The smallest absolute Gasteiger partial charge is 0.247 e. The zero-order chi connectivity index (χ0) is 22.4. The number of fused-ring (bicyclic) bond motifs is 1. The fourth-order valence-corrected chi connectivity index (χ4v) is 3.83. The molecular formula is C21H27N5O3. The van der Waals surface area contributed by atoms with Crippen molar-refractivity contribution >= 4 is 17.5 Å². The van der Waals surface area contributed by atoms with Crippen LogP contribution >= 0.6 is 0 Å². The molecule has 1 fully saturated rings. The number of hydrogen-bond acceptors (Lipinski definition) is 7. The number of aliphatic hydroxyl groups is 1. The van der Waals surface area contributed by atoms with Crippen molar-refractivity contribution in [3.05, 3.63) is 30.2 Å². The summed E-state index contributed by atoms with van der Waals surface area (Å²) in [6, 6.07) is 3.35. The van der Waals surface area contributed by atoms with Gasteiger partial charge in [-0.05, 0) is 51.7 Å². The van der Waals surface area contributed by atoms with E-state index in [0.29, 0.717) is 35.6 Å². The number of nitrogens with zero attached hydrogens (tertiary/aromatic N) is 4. The third kappa shape index (κ3) is 3.95. The van der Waals surface area contributed by atoms with Gasteiger partial charge >= 0.3 is 0 Å². The van der Waals surface area contributed by atoms with E-state index in [-0.39, 0.29) is 18.0 Å². The molecule has 0 saturated heterocycles. The van der Waals surface area contributed by atoms with Crippen LogP contribution in [-0.4, -0.2) is 51.7 Å². The summed E-state index contributed by atoms with van der Waals surface area (Å²) in [5.41, 5.74) is 0.678. The SMILES string of the molecule is [2H]C1([2H])Nc2ncc(-c3ccc(C(C)(C)O)nc3)nc2N(C2CCC(OC)CC2)C1=O. The second-order valence-electron chi connectivity index (χ2n) is 8.01. The number of ether oxygens (including phenoxy) is 1. The number of amides is 1. The normalized spacial score (nSPS) is 25.0. The predicted molar refractivity (Wildman–Crippen MR) is 110 cm³/mol. The van der Waals surface area contributed by atoms with E-state index in [0.717, 1.165) is 12.8 Å². The molecule has 2 aromatic rings. The van der Waals surface area contributed by atoms with Gasteiger partial charge < -0.3 is 15.2 Å². The lowest BCUT2D eigenvalue weighted by Gasteiger charge is -2.38. The monoisotopic (exact) mass is 399 g/mol. The van der Waals surface area contributed by atoms with Gasteiger partial charge in [0, 0.05) is 24.9 Å². The summed E-state index contributed by atoms with van der Waals surface area (Å²) in [5, 5.41) is 12.7. The van der Waals surface area contributed by atoms with Crippen LogP contribution in [0.3, 0.4) is 0 Å². The Kier molecular flexibility index (Phi) is 4.58. The van der Waals surface area contributed by atoms with Crippen LogP contribution in [0.4, 0.5) is 11.6 Å². The first-order valence-corrected chi connectivity index (χ1v) is 9.81. The lowest BCUT2D eigenvalue weighted by atomic mass is 9.91. The highest BCUT2D eigenvalue weighted by Gasteiger charge is 2.35. The van der Waals surface area contributed by atoms with Gasteiger partial charge in [0.05, 0.1) is 32.9 Å². The van der Waals surface area contributed by atoms with Gasteiger partial charge in [0.25, 0.3) is 0 Å². The Morgan fingerprint density at radius 2 is 2.00 bits per heavy atom. The molecule has 8 nitrogen and oxygen atoms in total. The number of hydrogen-bond donors (Lipinski definition) is 2. The highest BCUT2D eigenvalue weighted by Crippen LogP contribution is 2.34. The van der Waals surface area contributed by atoms with E-state index < -0.39 is 18.0 Å². The molecule has 2 aliphatic rings. The van der Waals surface area contributed by atoms with Gasteiger partial charge in [-0.15, -0.1) is 0 Å². The molecule has 4 rings (SSSR count). The molecule has 154 valence electrons. The Labute approximate surface area is 173 Å². The van der Waals surface area contributed by atoms with Gasteiger partial charge in [0.2, 0.25) is 5.91 Å². The van der Waals surface area contributed by atoms with Gasteiger partial charge in [0.15, 0.2) is 11.6 Å². The van der Waals surface area contributed by atoms with Crippen molar-refractivity contribution < 1.29 is 17.4 Å². The Bertz CT molecular complexity index is 970. The van der Waals surface area contributed by atoms with Crippen molar-refractivity contribution in [2.75, 3.05) is 23.8 Å². The molecule has 8 heteroatoms. The van der Waals surface area contributed by atoms with Crippen molar-refractivity contribution in [3.8, 4) is 11.3 Å². The summed E-state index contributed by atoms with van der Waals surface area (Å²) >= 11 is 0. The van der Waals surface area contributed by atoms with Crippen LogP contribution in [0.25, 0.3) is 11.3 Å². The minimum atomic E-state index is -2.25. The summed E-state index contributed by atoms with van der Waals surface area (Å²) in [5.74, 6) is -0.101. The van der Waals surface area contributed by atoms with Gasteiger partial charge in [0.1, 0.15) is 5.60 Å². The molecule has 3 heterocycles. The molecule has 1 amide bonds. The first-order chi connectivity index (χ1) is 14.6. The van der Waals surface area contributed by atoms with E-state index in [9.17, 15) is 9.90 Å². The number of carbonyl (C=O) groups is 1. The predicted octanol–water partition coefficient (Wildman–Crippen LogP) is 2.48. The summed E-state index contributed by atoms with van der Waals surface area (Å²) in [4.78, 5) is 27.8. The molecule has 0 bridgehead atoms. The zero-order valence-corrected chi connectivity index (χ0v) is 16.8. The lowest BCUT2D eigenvalue weighted by Crippen LogP contribution is -2.49. The molecule has 0 spiro atoms. The van der Waals surface area contributed by atoms with Crippen LogP contribution < -0.4 is 10.2 Å². The van der Waals surface area contributed by atoms with Crippen molar-refractivity contribution in [1.29, 1.82) is 0 Å². The number of nitrogens with one attached hydrogen (secondary N) is 1. The van der Waals surface area contributed by atoms with E-state index in [1.165, 1.54) is 11.1 Å². The van der Waals surface area contributed by atoms with E-state index >= 15 is 0 Å². The third-order valence-corrected chi connectivity index (χ3v) is 5.52. The molecule has 29 heavy (non-hydrogen) atoms. The average Bonchev–Trinajstić information content (AvgIpc) is 2.74. The summed E-state index contributed by atoms with van der Waals surface area (Å²) in [7, 11) is 1.68. The second-order valence-corrected chi connectivity index (χ2v) is 8.01. The molecule has 0 unspecified atom stereocenters. The van der Waals surface area contributed by atoms with Crippen molar-refractivity contribution in [1.82, 2.24) is 15.0 Å². The fourth-order valence-electron chi connectivity index (χ4n) is 3.83. The van der Waals surface area contributed by atoms with E-state index in [4.69, 9.17) is 7.48 Å². The van der Waals surface area contributed by atoms with Crippen LogP contribution in [0.5, 0.6) is 0 Å². The van der Waals surface area contributed by atoms with Crippen LogP contribution in [-0.2, 0) is 15.1 Å². The van der Waals surface area contributed by atoms with Crippen molar-refractivity contribution in [2.45, 2.75) is 57.3 Å². The molecule has 0 aromatic carbocycles. The van der Waals surface area contributed by atoms with E-state index in [1.807, 2.05) is 0 Å². The Morgan fingerprint density at radius 3 is 2.62 bits per heavy atom. The largest absolute Gasteiger partial charge is 0.384 e. The Morgan fingerprint density at radius 1 is 1.24 bits per heavy atom. The number of aromatic nitrogens is 3. The van der Waals surface area contributed by atoms with Crippen LogP contribution in [0, 0.1) is 0 Å². The van der Waals surface area contributed by atoms with Crippen LogP contribution in [0.2, 0.25) is 0 Å². The first kappa shape index (κ1) is 17.3. The molecule has 0 atom stereocenters. The van der Waals surface area contributed by atoms with Crippen LogP contribution in [0.15, 0.2) is 24.5 Å². The van der Waals surface area contributed by atoms with E-state index in [1.54, 1.807) is 39.3 Å². The topological polar surface area (TPSA) is 100 Å². The zero-order valence-electron chi connectivity index (χ0n) is 18.8. The van der Waals surface area contributed by atoms with Gasteiger partial charge in [-0.25, -0.2) is 9.97 Å². The maximum absolute atomic E-state index is 13.0. The Balaban J connectivity index is 1.70. The fraction of sp³-hybridized carbons (Fsp3) is 0.524. The Hall–Kier alpha value is -2.58. The quantitative estimate of drug-likeness (QED) is 0.814. The highest BCUT2D eigenvalue weighted by molar-refractivity contribution is 6.01. The van der Waals surface area contributed by atoms with Crippen molar-refractivity contribution in [3.63, 3.8) is 0 Å². The van der Waals surface area contributed by atoms with Gasteiger partial charge in [-0.2, -0.15) is 0 Å². The molecule has 2 aromatic heterocycles. The van der Waals surface area contributed by atoms with Crippen LogP contribution in [0.1, 0.15) is 48.0 Å². The number of rotatable bonds is 4. The number of pyridine rings is 1. The third-order valence-electron chi connectivity index (χ3n) is 5.52. The minimum Gasteiger partial charge on any atom is -0.384 e. The molecule has 0 radical (unpaired) electrons. The summed E-state index contributed by atoms with van der Waals surface area (Å²) in [6.07, 6.45) is 6.29. The molecule has 1 aliphatic heterocycles. The summed E-state index contributed by atoms with van der Waals surface area (Å²) < 4.78 is 21.7. The second kappa shape index (κ2) is 7.68. The number of carbonyl (C=O) groups excluding carboxylic acids is 1.